The minimum atomic E-state index is 0.116. The zero-order valence-electron chi connectivity index (χ0n) is 13.8. The molecule has 1 fully saturated rings. The van der Waals surface area contributed by atoms with Gasteiger partial charge in [-0.25, -0.2) is 0 Å². The molecule has 0 bridgehead atoms. The number of hydrogen-bond donors (Lipinski definition) is 1. The number of aromatic nitrogens is 1. The largest absolute Gasteiger partial charge is 0.395 e. The monoisotopic (exact) mass is 291 g/mol. The molecule has 4 heteroatoms. The second-order valence-corrected chi connectivity index (χ2v) is 7.15. The van der Waals surface area contributed by atoms with E-state index in [2.05, 4.69) is 54.6 Å². The Kier molecular flexibility index (Phi) is 5.36. The highest BCUT2D eigenvalue weighted by Gasteiger charge is 2.21. The van der Waals surface area contributed by atoms with Crippen LogP contribution in [0.4, 0.5) is 0 Å². The number of aliphatic hydroxyl groups excluding tert-OH is 1. The van der Waals surface area contributed by atoms with Gasteiger partial charge in [-0.1, -0.05) is 26.8 Å². The van der Waals surface area contributed by atoms with Crippen molar-refractivity contribution in [1.82, 2.24) is 14.8 Å². The predicted octanol–water partition coefficient (Wildman–Crippen LogP) is 1.88. The first-order valence-corrected chi connectivity index (χ1v) is 7.93. The molecule has 0 saturated carbocycles. The molecule has 2 rings (SSSR count). The molecule has 1 aromatic rings. The lowest BCUT2D eigenvalue weighted by Gasteiger charge is -2.37. The molecular formula is C17H29N3O. The summed E-state index contributed by atoms with van der Waals surface area (Å²) in [5.41, 5.74) is 2.55. The standard InChI is InChI=1S/C17H29N3O/c1-14(13-21)20-9-7-19(8-10-20)12-15-5-6-16(18-11-15)17(2,3)4/h5-6,11,14,21H,7-10,12-13H2,1-4H3/t14-/m1/s1. The number of pyridine rings is 1. The Morgan fingerprint density at radius 1 is 1.19 bits per heavy atom. The van der Waals surface area contributed by atoms with Crippen molar-refractivity contribution in [1.29, 1.82) is 0 Å². The molecule has 0 spiro atoms. The second kappa shape index (κ2) is 6.86. The van der Waals surface area contributed by atoms with Gasteiger partial charge >= 0.3 is 0 Å². The third kappa shape index (κ3) is 4.50. The van der Waals surface area contributed by atoms with Crippen LogP contribution in [0.1, 0.15) is 39.0 Å². The van der Waals surface area contributed by atoms with Gasteiger partial charge in [-0.3, -0.25) is 14.8 Å². The van der Waals surface area contributed by atoms with E-state index in [0.717, 1.165) is 38.4 Å². The number of hydrogen-bond acceptors (Lipinski definition) is 4. The average molecular weight is 291 g/mol. The van der Waals surface area contributed by atoms with Crippen LogP contribution in [0, 0.1) is 0 Å². The van der Waals surface area contributed by atoms with Crippen molar-refractivity contribution < 1.29 is 5.11 Å². The predicted molar refractivity (Wildman–Crippen MR) is 86.3 cm³/mol. The van der Waals surface area contributed by atoms with Gasteiger partial charge in [-0.05, 0) is 18.6 Å². The van der Waals surface area contributed by atoms with Crippen molar-refractivity contribution in [2.24, 2.45) is 0 Å². The molecule has 0 amide bonds. The summed E-state index contributed by atoms with van der Waals surface area (Å²) in [6.45, 7) is 14.1. The molecule has 0 radical (unpaired) electrons. The van der Waals surface area contributed by atoms with Crippen molar-refractivity contribution in [3.8, 4) is 0 Å². The number of piperazine rings is 1. The molecule has 0 aromatic carbocycles. The van der Waals surface area contributed by atoms with E-state index in [1.807, 2.05) is 6.20 Å². The van der Waals surface area contributed by atoms with Crippen molar-refractivity contribution in [2.75, 3.05) is 32.8 Å². The SMILES string of the molecule is C[C@H](CO)N1CCN(Cc2ccc(C(C)(C)C)nc2)CC1. The van der Waals surface area contributed by atoms with E-state index in [0.29, 0.717) is 0 Å². The minimum absolute atomic E-state index is 0.116. The highest BCUT2D eigenvalue weighted by molar-refractivity contribution is 5.19. The Balaban J connectivity index is 1.86. The van der Waals surface area contributed by atoms with Gasteiger partial charge in [0.25, 0.3) is 0 Å². The highest BCUT2D eigenvalue weighted by Crippen LogP contribution is 2.20. The lowest BCUT2D eigenvalue weighted by atomic mass is 9.91. The van der Waals surface area contributed by atoms with Crippen LogP contribution in [0.15, 0.2) is 18.3 Å². The Bertz CT molecular complexity index is 430. The summed E-state index contributed by atoms with van der Waals surface area (Å²) in [4.78, 5) is 9.43. The summed E-state index contributed by atoms with van der Waals surface area (Å²) in [5.74, 6) is 0. The quantitative estimate of drug-likeness (QED) is 0.919. The molecule has 4 nitrogen and oxygen atoms in total. The van der Waals surface area contributed by atoms with Gasteiger partial charge in [-0.15, -0.1) is 0 Å². The Labute approximate surface area is 128 Å². The molecule has 118 valence electrons. The van der Waals surface area contributed by atoms with Gasteiger partial charge in [0.15, 0.2) is 0 Å². The van der Waals surface area contributed by atoms with Gasteiger partial charge in [0.05, 0.1) is 6.61 Å². The molecule has 1 N–H and O–H groups in total. The van der Waals surface area contributed by atoms with Crippen LogP contribution in [0.2, 0.25) is 0 Å². The molecule has 0 aliphatic carbocycles. The molecule has 21 heavy (non-hydrogen) atoms. The number of nitrogens with zero attached hydrogens (tertiary/aromatic N) is 3. The fourth-order valence-electron chi connectivity index (χ4n) is 2.70. The maximum Gasteiger partial charge on any atom is 0.0584 e. The highest BCUT2D eigenvalue weighted by atomic mass is 16.3. The number of rotatable bonds is 4. The van der Waals surface area contributed by atoms with Gasteiger partial charge < -0.3 is 5.11 Å². The maximum atomic E-state index is 9.22. The van der Waals surface area contributed by atoms with Gasteiger partial charge in [0.2, 0.25) is 0 Å². The van der Waals surface area contributed by atoms with E-state index >= 15 is 0 Å². The molecular weight excluding hydrogens is 262 g/mol. The molecule has 1 aliphatic rings. The van der Waals surface area contributed by atoms with Crippen molar-refractivity contribution >= 4 is 0 Å². The second-order valence-electron chi connectivity index (χ2n) is 7.15. The minimum Gasteiger partial charge on any atom is -0.395 e. The Morgan fingerprint density at radius 3 is 2.33 bits per heavy atom. The normalized spacial score (nSPS) is 19.7. The molecule has 1 aliphatic heterocycles. The van der Waals surface area contributed by atoms with E-state index in [9.17, 15) is 5.11 Å². The third-order valence-electron chi connectivity index (χ3n) is 4.29. The van der Waals surface area contributed by atoms with E-state index in [1.54, 1.807) is 0 Å². The van der Waals surface area contributed by atoms with E-state index in [4.69, 9.17) is 0 Å². The van der Waals surface area contributed by atoms with Crippen molar-refractivity contribution in [3.63, 3.8) is 0 Å². The summed E-state index contributed by atoms with van der Waals surface area (Å²) < 4.78 is 0. The lowest BCUT2D eigenvalue weighted by molar-refractivity contribution is 0.0702. The topological polar surface area (TPSA) is 39.6 Å². The van der Waals surface area contributed by atoms with Crippen LogP contribution < -0.4 is 0 Å². The van der Waals surface area contributed by atoms with Gasteiger partial charge in [-0.2, -0.15) is 0 Å². The van der Waals surface area contributed by atoms with Crippen LogP contribution in [-0.4, -0.2) is 58.7 Å². The molecule has 1 atom stereocenters. The smallest absolute Gasteiger partial charge is 0.0584 e. The summed E-state index contributed by atoms with van der Waals surface area (Å²) in [6.07, 6.45) is 2.02. The van der Waals surface area contributed by atoms with Crippen molar-refractivity contribution in [2.45, 2.75) is 45.7 Å². The Morgan fingerprint density at radius 2 is 1.86 bits per heavy atom. The average Bonchev–Trinajstić information content (AvgIpc) is 2.47. The van der Waals surface area contributed by atoms with Crippen LogP contribution >= 0.6 is 0 Å². The van der Waals surface area contributed by atoms with E-state index < -0.39 is 0 Å². The number of aliphatic hydroxyl groups is 1. The van der Waals surface area contributed by atoms with Crippen LogP contribution in [0.5, 0.6) is 0 Å². The first-order chi connectivity index (χ1) is 9.90. The first kappa shape index (κ1) is 16.4. The first-order valence-electron chi connectivity index (χ1n) is 7.93. The molecule has 2 heterocycles. The molecule has 1 aromatic heterocycles. The zero-order chi connectivity index (χ0) is 15.5. The summed E-state index contributed by atoms with van der Waals surface area (Å²) in [5, 5.41) is 9.22. The fraction of sp³-hybridized carbons (Fsp3) is 0.706. The third-order valence-corrected chi connectivity index (χ3v) is 4.29. The Hall–Kier alpha value is -0.970. The summed E-state index contributed by atoms with van der Waals surface area (Å²) in [7, 11) is 0. The van der Waals surface area contributed by atoms with E-state index in [1.165, 1.54) is 5.56 Å². The summed E-state index contributed by atoms with van der Waals surface area (Å²) in [6, 6.07) is 4.63. The van der Waals surface area contributed by atoms with Crippen LogP contribution in [-0.2, 0) is 12.0 Å². The van der Waals surface area contributed by atoms with Gasteiger partial charge in [0.1, 0.15) is 0 Å². The zero-order valence-corrected chi connectivity index (χ0v) is 13.8. The maximum absolute atomic E-state index is 9.22. The summed E-state index contributed by atoms with van der Waals surface area (Å²) >= 11 is 0. The van der Waals surface area contributed by atoms with Crippen LogP contribution in [0.25, 0.3) is 0 Å². The molecule has 0 unspecified atom stereocenters. The van der Waals surface area contributed by atoms with Crippen LogP contribution in [0.3, 0.4) is 0 Å². The van der Waals surface area contributed by atoms with E-state index in [-0.39, 0.29) is 18.1 Å². The lowest BCUT2D eigenvalue weighted by Crippen LogP contribution is -2.50. The molecule has 1 saturated heterocycles. The van der Waals surface area contributed by atoms with Crippen molar-refractivity contribution in [3.05, 3.63) is 29.6 Å². The fourth-order valence-corrected chi connectivity index (χ4v) is 2.70. The van der Waals surface area contributed by atoms with Gasteiger partial charge in [0, 0.05) is 56.1 Å².